The van der Waals surface area contributed by atoms with Gasteiger partial charge in [-0.2, -0.15) is 0 Å². The second-order valence-electron chi connectivity index (χ2n) is 5.00. The molecule has 1 saturated heterocycles. The minimum atomic E-state index is -0.557. The molecule has 5 nitrogen and oxygen atoms in total. The molecule has 1 aliphatic heterocycles. The lowest BCUT2D eigenvalue weighted by atomic mass is 10.0. The summed E-state index contributed by atoms with van der Waals surface area (Å²) in [5, 5.41) is 9.12. The fourth-order valence-electron chi connectivity index (χ4n) is 1.63. The molecule has 1 aliphatic rings. The standard InChI is InChI=1S/C11H19NO4/c1-11(2,3)16-10(15)12-5-4-9(14)6-8(12)7-13/h8,13H,4-7H2,1-3H3. The van der Waals surface area contributed by atoms with Crippen LogP contribution in [0.25, 0.3) is 0 Å². The van der Waals surface area contributed by atoms with Gasteiger partial charge in [-0.25, -0.2) is 4.79 Å². The number of aliphatic hydroxyl groups excluding tert-OH is 1. The first kappa shape index (κ1) is 13.0. The number of amides is 1. The summed E-state index contributed by atoms with van der Waals surface area (Å²) < 4.78 is 5.21. The monoisotopic (exact) mass is 229 g/mol. The van der Waals surface area contributed by atoms with Crippen molar-refractivity contribution in [2.45, 2.75) is 45.3 Å². The molecule has 0 bridgehead atoms. The number of ketones is 1. The van der Waals surface area contributed by atoms with E-state index < -0.39 is 17.7 Å². The lowest BCUT2D eigenvalue weighted by Crippen LogP contribution is -2.49. The predicted octanol–water partition coefficient (Wildman–Crippen LogP) is 0.947. The molecule has 1 heterocycles. The smallest absolute Gasteiger partial charge is 0.410 e. The molecule has 92 valence electrons. The topological polar surface area (TPSA) is 66.8 Å². The molecule has 1 unspecified atom stereocenters. The van der Waals surface area contributed by atoms with Gasteiger partial charge in [0.05, 0.1) is 12.6 Å². The number of nitrogens with zero attached hydrogens (tertiary/aromatic N) is 1. The Hall–Kier alpha value is -1.10. The van der Waals surface area contributed by atoms with Gasteiger partial charge >= 0.3 is 6.09 Å². The molecule has 1 amide bonds. The van der Waals surface area contributed by atoms with Crippen molar-refractivity contribution in [3.63, 3.8) is 0 Å². The Labute approximate surface area is 95.4 Å². The maximum atomic E-state index is 11.8. The SMILES string of the molecule is CC(C)(C)OC(=O)N1CCC(=O)CC1CO. The Bertz CT molecular complexity index is 282. The van der Waals surface area contributed by atoms with E-state index in [4.69, 9.17) is 9.84 Å². The third kappa shape index (κ3) is 3.48. The number of rotatable bonds is 1. The highest BCUT2D eigenvalue weighted by Gasteiger charge is 2.32. The van der Waals surface area contributed by atoms with E-state index in [9.17, 15) is 9.59 Å². The number of carbonyl (C=O) groups is 2. The molecule has 0 saturated carbocycles. The van der Waals surface area contributed by atoms with E-state index >= 15 is 0 Å². The zero-order chi connectivity index (χ0) is 12.3. The molecular weight excluding hydrogens is 210 g/mol. The van der Waals surface area contributed by atoms with E-state index in [1.54, 1.807) is 20.8 Å². The molecule has 16 heavy (non-hydrogen) atoms. The van der Waals surface area contributed by atoms with Gasteiger partial charge in [-0.05, 0) is 20.8 Å². The number of hydrogen-bond acceptors (Lipinski definition) is 4. The van der Waals surface area contributed by atoms with Crippen LogP contribution in [0.1, 0.15) is 33.6 Å². The van der Waals surface area contributed by atoms with Gasteiger partial charge in [-0.3, -0.25) is 4.79 Å². The predicted molar refractivity (Wildman–Crippen MR) is 58.1 cm³/mol. The quantitative estimate of drug-likeness (QED) is 0.727. The lowest BCUT2D eigenvalue weighted by Gasteiger charge is -2.35. The van der Waals surface area contributed by atoms with Gasteiger partial charge in [0.25, 0.3) is 0 Å². The largest absolute Gasteiger partial charge is 0.444 e. The van der Waals surface area contributed by atoms with Crippen molar-refractivity contribution >= 4 is 11.9 Å². The summed E-state index contributed by atoms with van der Waals surface area (Å²) in [7, 11) is 0. The first-order valence-corrected chi connectivity index (χ1v) is 5.45. The highest BCUT2D eigenvalue weighted by atomic mass is 16.6. The lowest BCUT2D eigenvalue weighted by molar-refractivity contribution is -0.123. The van der Waals surface area contributed by atoms with Gasteiger partial charge in [0.1, 0.15) is 11.4 Å². The van der Waals surface area contributed by atoms with Gasteiger partial charge < -0.3 is 14.7 Å². The molecule has 1 atom stereocenters. The normalized spacial score (nSPS) is 22.1. The van der Waals surface area contributed by atoms with Crippen LogP contribution in [-0.2, 0) is 9.53 Å². The van der Waals surface area contributed by atoms with E-state index in [1.807, 2.05) is 0 Å². The minimum Gasteiger partial charge on any atom is -0.444 e. The van der Waals surface area contributed by atoms with Gasteiger partial charge in [0.15, 0.2) is 0 Å². The summed E-state index contributed by atoms with van der Waals surface area (Å²) in [4.78, 5) is 24.4. The van der Waals surface area contributed by atoms with Gasteiger partial charge in [0, 0.05) is 19.4 Å². The maximum Gasteiger partial charge on any atom is 0.410 e. The van der Waals surface area contributed by atoms with Crippen LogP contribution in [-0.4, -0.2) is 46.7 Å². The molecule has 0 radical (unpaired) electrons. The zero-order valence-corrected chi connectivity index (χ0v) is 10.0. The van der Waals surface area contributed by atoms with Crippen LogP contribution in [0.15, 0.2) is 0 Å². The third-order valence-electron chi connectivity index (χ3n) is 2.37. The van der Waals surface area contributed by atoms with E-state index in [-0.39, 0.29) is 18.8 Å². The van der Waals surface area contributed by atoms with Crippen LogP contribution in [0, 0.1) is 0 Å². The molecule has 0 spiro atoms. The van der Waals surface area contributed by atoms with Crippen LogP contribution in [0.4, 0.5) is 4.79 Å². The molecule has 0 aromatic carbocycles. The zero-order valence-electron chi connectivity index (χ0n) is 10.0. The van der Waals surface area contributed by atoms with Crippen molar-refractivity contribution in [1.29, 1.82) is 0 Å². The van der Waals surface area contributed by atoms with E-state index in [2.05, 4.69) is 0 Å². The van der Waals surface area contributed by atoms with Crippen molar-refractivity contribution in [3.8, 4) is 0 Å². The van der Waals surface area contributed by atoms with E-state index in [0.717, 1.165) is 0 Å². The molecule has 0 aliphatic carbocycles. The molecule has 0 aromatic heterocycles. The fraction of sp³-hybridized carbons (Fsp3) is 0.818. The van der Waals surface area contributed by atoms with Crippen LogP contribution in [0.5, 0.6) is 0 Å². The number of hydrogen-bond donors (Lipinski definition) is 1. The van der Waals surface area contributed by atoms with Crippen LogP contribution >= 0.6 is 0 Å². The molecule has 1 N–H and O–H groups in total. The van der Waals surface area contributed by atoms with Crippen molar-refractivity contribution in [3.05, 3.63) is 0 Å². The van der Waals surface area contributed by atoms with Crippen LogP contribution in [0.3, 0.4) is 0 Å². The highest BCUT2D eigenvalue weighted by Crippen LogP contribution is 2.18. The number of ether oxygens (including phenoxy) is 1. The summed E-state index contributed by atoms with van der Waals surface area (Å²) in [6.45, 7) is 5.49. The molecule has 0 aromatic rings. The van der Waals surface area contributed by atoms with Gasteiger partial charge in [-0.1, -0.05) is 0 Å². The average molecular weight is 229 g/mol. The molecule has 5 heteroatoms. The van der Waals surface area contributed by atoms with Crippen molar-refractivity contribution < 1.29 is 19.4 Å². The first-order chi connectivity index (χ1) is 7.33. The number of likely N-dealkylation sites (tertiary alicyclic amines) is 1. The van der Waals surface area contributed by atoms with Crippen molar-refractivity contribution in [2.24, 2.45) is 0 Å². The summed E-state index contributed by atoms with van der Waals surface area (Å²) in [6.07, 6.45) is 0.102. The van der Waals surface area contributed by atoms with E-state index in [0.29, 0.717) is 13.0 Å². The minimum absolute atomic E-state index is 0.0823. The first-order valence-electron chi connectivity index (χ1n) is 5.45. The Kier molecular flexibility index (Phi) is 3.91. The van der Waals surface area contributed by atoms with Crippen molar-refractivity contribution in [1.82, 2.24) is 4.90 Å². The van der Waals surface area contributed by atoms with Gasteiger partial charge in [-0.15, -0.1) is 0 Å². The maximum absolute atomic E-state index is 11.8. The molecule has 1 rings (SSSR count). The van der Waals surface area contributed by atoms with Gasteiger partial charge in [0.2, 0.25) is 0 Å². The Morgan fingerprint density at radius 1 is 1.56 bits per heavy atom. The third-order valence-corrected chi connectivity index (χ3v) is 2.37. The second kappa shape index (κ2) is 4.82. The summed E-state index contributed by atoms with van der Waals surface area (Å²) in [5.41, 5.74) is -0.557. The van der Waals surface area contributed by atoms with E-state index in [1.165, 1.54) is 4.90 Å². The van der Waals surface area contributed by atoms with Crippen molar-refractivity contribution in [2.75, 3.05) is 13.2 Å². The Balaban J connectivity index is 2.64. The molecule has 1 fully saturated rings. The Morgan fingerprint density at radius 3 is 2.69 bits per heavy atom. The molecular formula is C11H19NO4. The highest BCUT2D eigenvalue weighted by molar-refractivity contribution is 5.82. The number of piperidine rings is 1. The fourth-order valence-corrected chi connectivity index (χ4v) is 1.63. The van der Waals surface area contributed by atoms with Crippen LogP contribution < -0.4 is 0 Å². The number of Topliss-reactive ketones (excluding diaryl/α,β-unsaturated/α-hetero) is 1. The number of aliphatic hydroxyl groups is 1. The average Bonchev–Trinajstić information content (AvgIpc) is 2.14. The Morgan fingerprint density at radius 2 is 2.19 bits per heavy atom. The number of carbonyl (C=O) groups excluding carboxylic acids is 2. The van der Waals surface area contributed by atoms with Crippen LogP contribution in [0.2, 0.25) is 0 Å². The second-order valence-corrected chi connectivity index (χ2v) is 5.00. The summed E-state index contributed by atoms with van der Waals surface area (Å²) in [6, 6.07) is -0.434. The summed E-state index contributed by atoms with van der Waals surface area (Å²) >= 11 is 0. The summed E-state index contributed by atoms with van der Waals surface area (Å²) in [5.74, 6) is 0.0823.